The van der Waals surface area contributed by atoms with Crippen LogP contribution in [-0.4, -0.2) is 21.5 Å². The molecule has 5 heteroatoms. The van der Waals surface area contributed by atoms with Gasteiger partial charge in [0.2, 0.25) is 0 Å². The fraction of sp³-hybridized carbons (Fsp3) is 0.250. The summed E-state index contributed by atoms with van der Waals surface area (Å²) >= 11 is 0. The molecule has 0 aliphatic heterocycles. The molecule has 0 bridgehead atoms. The van der Waals surface area contributed by atoms with Crippen molar-refractivity contribution < 1.29 is 4.39 Å². The third kappa shape index (κ3) is 2.64. The van der Waals surface area contributed by atoms with E-state index in [9.17, 15) is 4.39 Å². The molecule has 0 spiro atoms. The Morgan fingerprint density at radius 1 is 1.14 bits per heavy atom. The summed E-state index contributed by atoms with van der Waals surface area (Å²) in [5, 5.41) is 11.5. The average Bonchev–Trinajstić information content (AvgIpc) is 2.92. The van der Waals surface area contributed by atoms with E-state index in [4.69, 9.17) is 0 Å². The largest absolute Gasteiger partial charge is 0.313 e. The number of nitrogens with one attached hydrogen (secondary N) is 1. The third-order valence-corrected chi connectivity index (χ3v) is 3.38. The van der Waals surface area contributed by atoms with Gasteiger partial charge in [-0.3, -0.25) is 0 Å². The maximum absolute atomic E-state index is 14.3. The summed E-state index contributed by atoms with van der Waals surface area (Å²) in [6.45, 7) is 3.60. The molecule has 4 nitrogen and oxygen atoms in total. The van der Waals surface area contributed by atoms with Gasteiger partial charge in [-0.1, -0.05) is 36.4 Å². The predicted octanol–water partition coefficient (Wildman–Crippen LogP) is 3.06. The van der Waals surface area contributed by atoms with Gasteiger partial charge in [-0.25, -0.2) is 9.07 Å². The van der Waals surface area contributed by atoms with Crippen LogP contribution in [0, 0.1) is 5.82 Å². The zero-order valence-corrected chi connectivity index (χ0v) is 11.9. The van der Waals surface area contributed by atoms with E-state index in [0.29, 0.717) is 12.2 Å². The van der Waals surface area contributed by atoms with E-state index < -0.39 is 0 Å². The van der Waals surface area contributed by atoms with E-state index in [-0.39, 0.29) is 5.82 Å². The van der Waals surface area contributed by atoms with Crippen LogP contribution in [0.1, 0.15) is 18.9 Å². The Balaban J connectivity index is 2.08. The summed E-state index contributed by atoms with van der Waals surface area (Å²) in [5.74, 6) is -0.290. The van der Waals surface area contributed by atoms with E-state index in [1.54, 1.807) is 10.7 Å². The van der Waals surface area contributed by atoms with Crippen molar-refractivity contribution in [2.45, 2.75) is 19.9 Å². The fourth-order valence-corrected chi connectivity index (χ4v) is 2.37. The van der Waals surface area contributed by atoms with Crippen molar-refractivity contribution in [1.29, 1.82) is 0 Å². The van der Waals surface area contributed by atoms with Crippen molar-refractivity contribution in [3.63, 3.8) is 0 Å². The molecule has 3 aromatic rings. The standard InChI is InChI=1S/C16H17FN4/c1-2-10-18-11-12-6-5-7-13(17)16(12)21-15-9-4-3-8-14(15)19-20-21/h3-9,18H,2,10-11H2,1H3. The summed E-state index contributed by atoms with van der Waals surface area (Å²) in [4.78, 5) is 0. The molecule has 0 aliphatic rings. The summed E-state index contributed by atoms with van der Waals surface area (Å²) < 4.78 is 15.9. The normalized spacial score (nSPS) is 11.1. The van der Waals surface area contributed by atoms with Gasteiger partial charge in [-0.15, -0.1) is 5.10 Å². The molecule has 0 fully saturated rings. The van der Waals surface area contributed by atoms with Crippen LogP contribution in [0.3, 0.4) is 0 Å². The highest BCUT2D eigenvalue weighted by Gasteiger charge is 2.14. The number of nitrogens with zero attached hydrogens (tertiary/aromatic N) is 3. The van der Waals surface area contributed by atoms with E-state index in [1.165, 1.54) is 6.07 Å². The third-order valence-electron chi connectivity index (χ3n) is 3.38. The van der Waals surface area contributed by atoms with Crippen LogP contribution in [-0.2, 0) is 6.54 Å². The Hall–Kier alpha value is -2.27. The number of rotatable bonds is 5. The number of aromatic nitrogens is 3. The SMILES string of the molecule is CCCNCc1cccc(F)c1-n1nnc2ccccc21. The van der Waals surface area contributed by atoms with Crippen molar-refractivity contribution in [3.05, 3.63) is 53.8 Å². The molecule has 1 aromatic heterocycles. The molecule has 21 heavy (non-hydrogen) atoms. The molecular weight excluding hydrogens is 267 g/mol. The second-order valence-electron chi connectivity index (χ2n) is 4.91. The minimum atomic E-state index is -0.290. The average molecular weight is 284 g/mol. The molecule has 0 amide bonds. The molecule has 3 rings (SSSR count). The fourth-order valence-electron chi connectivity index (χ4n) is 2.37. The van der Waals surface area contributed by atoms with Crippen LogP contribution < -0.4 is 5.32 Å². The first-order chi connectivity index (χ1) is 10.3. The van der Waals surface area contributed by atoms with Gasteiger partial charge >= 0.3 is 0 Å². The van der Waals surface area contributed by atoms with Crippen LogP contribution in [0.15, 0.2) is 42.5 Å². The minimum absolute atomic E-state index is 0.290. The number of hydrogen-bond acceptors (Lipinski definition) is 3. The molecular formula is C16H17FN4. The van der Waals surface area contributed by atoms with Gasteiger partial charge in [0.1, 0.15) is 17.0 Å². The number of benzene rings is 2. The first-order valence-corrected chi connectivity index (χ1v) is 7.10. The molecule has 2 aromatic carbocycles. The summed E-state index contributed by atoms with van der Waals surface area (Å²) in [6, 6.07) is 12.7. The predicted molar refractivity (Wildman–Crippen MR) is 80.8 cm³/mol. The maximum atomic E-state index is 14.3. The first-order valence-electron chi connectivity index (χ1n) is 7.10. The molecule has 0 radical (unpaired) electrons. The van der Waals surface area contributed by atoms with Crippen molar-refractivity contribution >= 4 is 11.0 Å². The van der Waals surface area contributed by atoms with Crippen LogP contribution in [0.5, 0.6) is 0 Å². The monoisotopic (exact) mass is 284 g/mol. The zero-order valence-electron chi connectivity index (χ0n) is 11.9. The lowest BCUT2D eigenvalue weighted by atomic mass is 10.1. The molecule has 0 unspecified atom stereocenters. The Labute approximate surface area is 122 Å². The molecule has 0 atom stereocenters. The quantitative estimate of drug-likeness (QED) is 0.732. The molecule has 0 saturated heterocycles. The Morgan fingerprint density at radius 3 is 2.86 bits per heavy atom. The lowest BCUT2D eigenvalue weighted by Gasteiger charge is -2.11. The van der Waals surface area contributed by atoms with Crippen LogP contribution >= 0.6 is 0 Å². The van der Waals surface area contributed by atoms with Gasteiger partial charge in [0.05, 0.1) is 5.52 Å². The second-order valence-corrected chi connectivity index (χ2v) is 4.91. The van der Waals surface area contributed by atoms with E-state index >= 15 is 0 Å². The van der Waals surface area contributed by atoms with Gasteiger partial charge in [0.15, 0.2) is 0 Å². The first kappa shape index (κ1) is 13.7. The van der Waals surface area contributed by atoms with Crippen molar-refractivity contribution in [1.82, 2.24) is 20.3 Å². The number of para-hydroxylation sites is 2. The Kier molecular flexibility index (Phi) is 3.92. The highest BCUT2D eigenvalue weighted by Crippen LogP contribution is 2.22. The lowest BCUT2D eigenvalue weighted by Crippen LogP contribution is -2.16. The zero-order chi connectivity index (χ0) is 14.7. The molecule has 0 aliphatic carbocycles. The van der Waals surface area contributed by atoms with Gasteiger partial charge < -0.3 is 5.32 Å². The van der Waals surface area contributed by atoms with Gasteiger partial charge in [0.25, 0.3) is 0 Å². The molecule has 0 saturated carbocycles. The molecule has 1 N–H and O–H groups in total. The van der Waals surface area contributed by atoms with Crippen molar-refractivity contribution in [2.24, 2.45) is 0 Å². The lowest BCUT2D eigenvalue weighted by molar-refractivity contribution is 0.599. The van der Waals surface area contributed by atoms with E-state index in [0.717, 1.165) is 29.6 Å². The summed E-state index contributed by atoms with van der Waals surface area (Å²) in [7, 11) is 0. The summed E-state index contributed by atoms with van der Waals surface area (Å²) in [6.07, 6.45) is 1.04. The Morgan fingerprint density at radius 2 is 2.00 bits per heavy atom. The van der Waals surface area contributed by atoms with Gasteiger partial charge in [-0.2, -0.15) is 0 Å². The van der Waals surface area contributed by atoms with Gasteiger partial charge in [-0.05, 0) is 36.7 Å². The number of halogens is 1. The van der Waals surface area contributed by atoms with Crippen molar-refractivity contribution in [3.8, 4) is 5.69 Å². The minimum Gasteiger partial charge on any atom is -0.313 e. The van der Waals surface area contributed by atoms with Crippen LogP contribution in [0.2, 0.25) is 0 Å². The van der Waals surface area contributed by atoms with Gasteiger partial charge in [0, 0.05) is 6.54 Å². The molecule has 1 heterocycles. The molecule has 108 valence electrons. The van der Waals surface area contributed by atoms with E-state index in [1.807, 2.05) is 30.3 Å². The maximum Gasteiger partial charge on any atom is 0.149 e. The highest BCUT2D eigenvalue weighted by molar-refractivity contribution is 5.76. The summed E-state index contributed by atoms with van der Waals surface area (Å²) in [5.41, 5.74) is 2.90. The smallest absolute Gasteiger partial charge is 0.149 e. The second kappa shape index (κ2) is 6.01. The van der Waals surface area contributed by atoms with Crippen LogP contribution in [0.25, 0.3) is 16.7 Å². The van der Waals surface area contributed by atoms with E-state index in [2.05, 4.69) is 22.6 Å². The highest BCUT2D eigenvalue weighted by atomic mass is 19.1. The number of fused-ring (bicyclic) bond motifs is 1. The van der Waals surface area contributed by atoms with Crippen LogP contribution in [0.4, 0.5) is 4.39 Å². The number of hydrogen-bond donors (Lipinski definition) is 1. The Bertz CT molecular complexity index is 751. The topological polar surface area (TPSA) is 42.7 Å². The van der Waals surface area contributed by atoms with Crippen molar-refractivity contribution in [2.75, 3.05) is 6.54 Å².